The zero-order valence-electron chi connectivity index (χ0n) is 6.31. The average molecular weight is 141 g/mol. The highest BCUT2D eigenvalue weighted by Gasteiger charge is 2.27. The standard InChI is InChI=1S/C8H15NO/c1-2-7-3-5-10-6-8(7)9-4-1/h7-9H,1-6H2. The first kappa shape index (κ1) is 6.62. The number of fused-ring (bicyclic) bond motifs is 1. The zero-order valence-corrected chi connectivity index (χ0v) is 6.31. The highest BCUT2D eigenvalue weighted by Crippen LogP contribution is 2.23. The molecule has 2 aliphatic heterocycles. The van der Waals surface area contributed by atoms with Gasteiger partial charge in [0.2, 0.25) is 0 Å². The first-order valence-corrected chi connectivity index (χ1v) is 4.28. The van der Waals surface area contributed by atoms with Gasteiger partial charge in [-0.05, 0) is 31.7 Å². The van der Waals surface area contributed by atoms with E-state index in [1.165, 1.54) is 25.8 Å². The maximum absolute atomic E-state index is 5.38. The topological polar surface area (TPSA) is 21.3 Å². The van der Waals surface area contributed by atoms with Crippen molar-refractivity contribution in [1.82, 2.24) is 5.32 Å². The minimum atomic E-state index is 0.683. The predicted octanol–water partition coefficient (Wildman–Crippen LogP) is 0.775. The molecule has 0 aromatic heterocycles. The van der Waals surface area contributed by atoms with Crippen LogP contribution in [0.4, 0.5) is 0 Å². The molecule has 0 spiro atoms. The molecule has 1 N–H and O–H groups in total. The molecule has 0 radical (unpaired) electrons. The van der Waals surface area contributed by atoms with Crippen molar-refractivity contribution in [1.29, 1.82) is 0 Å². The summed E-state index contributed by atoms with van der Waals surface area (Å²) in [7, 11) is 0. The molecule has 2 heterocycles. The quantitative estimate of drug-likeness (QED) is 0.538. The number of hydrogen-bond donors (Lipinski definition) is 1. The highest BCUT2D eigenvalue weighted by molar-refractivity contribution is 4.83. The second-order valence-electron chi connectivity index (χ2n) is 3.33. The van der Waals surface area contributed by atoms with Crippen molar-refractivity contribution < 1.29 is 4.74 Å². The van der Waals surface area contributed by atoms with Gasteiger partial charge in [-0.25, -0.2) is 0 Å². The molecular weight excluding hydrogens is 126 g/mol. The Bertz CT molecular complexity index is 89.8. The van der Waals surface area contributed by atoms with Crippen LogP contribution in [0.25, 0.3) is 0 Å². The van der Waals surface area contributed by atoms with Gasteiger partial charge in [0.25, 0.3) is 0 Å². The van der Waals surface area contributed by atoms with Gasteiger partial charge in [0.1, 0.15) is 0 Å². The molecule has 2 rings (SSSR count). The number of hydrogen-bond acceptors (Lipinski definition) is 2. The van der Waals surface area contributed by atoms with E-state index < -0.39 is 0 Å². The molecule has 2 atom stereocenters. The average Bonchev–Trinajstić information content (AvgIpc) is 2.05. The van der Waals surface area contributed by atoms with Gasteiger partial charge in [0.05, 0.1) is 6.61 Å². The molecule has 0 aromatic rings. The highest BCUT2D eigenvalue weighted by atomic mass is 16.5. The van der Waals surface area contributed by atoms with Gasteiger partial charge in [-0.3, -0.25) is 0 Å². The van der Waals surface area contributed by atoms with Crippen molar-refractivity contribution >= 4 is 0 Å². The van der Waals surface area contributed by atoms with E-state index in [0.29, 0.717) is 6.04 Å². The summed E-state index contributed by atoms with van der Waals surface area (Å²) in [6.45, 7) is 3.14. The monoisotopic (exact) mass is 141 g/mol. The minimum absolute atomic E-state index is 0.683. The third kappa shape index (κ3) is 1.18. The second-order valence-corrected chi connectivity index (χ2v) is 3.33. The van der Waals surface area contributed by atoms with Crippen LogP contribution in [0, 0.1) is 5.92 Å². The van der Waals surface area contributed by atoms with E-state index in [-0.39, 0.29) is 0 Å². The first-order valence-electron chi connectivity index (χ1n) is 4.28. The van der Waals surface area contributed by atoms with Crippen molar-refractivity contribution in [2.24, 2.45) is 5.92 Å². The van der Waals surface area contributed by atoms with Crippen molar-refractivity contribution in [3.05, 3.63) is 0 Å². The lowest BCUT2D eigenvalue weighted by Gasteiger charge is -2.35. The van der Waals surface area contributed by atoms with E-state index in [4.69, 9.17) is 4.74 Å². The lowest BCUT2D eigenvalue weighted by Crippen LogP contribution is -2.47. The Balaban J connectivity index is 1.93. The van der Waals surface area contributed by atoms with Crippen molar-refractivity contribution in [2.75, 3.05) is 19.8 Å². The van der Waals surface area contributed by atoms with Gasteiger partial charge in [-0.1, -0.05) is 0 Å². The molecule has 2 unspecified atom stereocenters. The van der Waals surface area contributed by atoms with Crippen molar-refractivity contribution in [2.45, 2.75) is 25.3 Å². The molecular formula is C8H15NO. The van der Waals surface area contributed by atoms with Gasteiger partial charge in [0.15, 0.2) is 0 Å². The third-order valence-electron chi connectivity index (χ3n) is 2.66. The zero-order chi connectivity index (χ0) is 6.81. The largest absolute Gasteiger partial charge is 0.380 e. The van der Waals surface area contributed by atoms with Crippen LogP contribution in [0.1, 0.15) is 19.3 Å². The van der Waals surface area contributed by atoms with E-state index in [1.807, 2.05) is 0 Å². The van der Waals surface area contributed by atoms with Gasteiger partial charge < -0.3 is 10.1 Å². The van der Waals surface area contributed by atoms with Gasteiger partial charge >= 0.3 is 0 Å². The summed E-state index contributed by atoms with van der Waals surface area (Å²) in [5.41, 5.74) is 0. The molecule has 0 aliphatic carbocycles. The molecule has 2 fully saturated rings. The fourth-order valence-corrected chi connectivity index (χ4v) is 2.01. The van der Waals surface area contributed by atoms with Crippen LogP contribution in [-0.4, -0.2) is 25.8 Å². The summed E-state index contributed by atoms with van der Waals surface area (Å²) in [5, 5.41) is 3.50. The van der Waals surface area contributed by atoms with Crippen LogP contribution in [0.3, 0.4) is 0 Å². The van der Waals surface area contributed by atoms with Crippen LogP contribution < -0.4 is 5.32 Å². The maximum Gasteiger partial charge on any atom is 0.0622 e. The third-order valence-corrected chi connectivity index (χ3v) is 2.66. The number of piperidine rings is 1. The Morgan fingerprint density at radius 3 is 3.20 bits per heavy atom. The Kier molecular flexibility index (Phi) is 1.91. The Labute approximate surface area is 61.9 Å². The summed E-state index contributed by atoms with van der Waals surface area (Å²) in [4.78, 5) is 0. The lowest BCUT2D eigenvalue weighted by molar-refractivity contribution is 0.0232. The molecule has 0 bridgehead atoms. The summed E-state index contributed by atoms with van der Waals surface area (Å²) < 4.78 is 5.38. The molecule has 0 amide bonds. The fraction of sp³-hybridized carbons (Fsp3) is 1.00. The van der Waals surface area contributed by atoms with Crippen LogP contribution in [0.15, 0.2) is 0 Å². The lowest BCUT2D eigenvalue weighted by atomic mass is 9.87. The van der Waals surface area contributed by atoms with Crippen molar-refractivity contribution in [3.63, 3.8) is 0 Å². The van der Waals surface area contributed by atoms with Crippen LogP contribution in [0.2, 0.25) is 0 Å². The molecule has 0 aromatic carbocycles. The summed E-state index contributed by atoms with van der Waals surface area (Å²) in [6.07, 6.45) is 4.06. The summed E-state index contributed by atoms with van der Waals surface area (Å²) in [5.74, 6) is 0.919. The minimum Gasteiger partial charge on any atom is -0.380 e. The number of ether oxygens (including phenoxy) is 1. The van der Waals surface area contributed by atoms with Gasteiger partial charge in [0, 0.05) is 12.6 Å². The fourth-order valence-electron chi connectivity index (χ4n) is 2.01. The molecule has 2 nitrogen and oxygen atoms in total. The normalized spacial score (nSPS) is 40.8. The SMILES string of the molecule is C1CNC2COCCC2C1. The van der Waals surface area contributed by atoms with Crippen molar-refractivity contribution in [3.8, 4) is 0 Å². The molecule has 2 heteroatoms. The first-order chi connectivity index (χ1) is 4.97. The van der Waals surface area contributed by atoms with E-state index in [9.17, 15) is 0 Å². The molecule has 0 saturated carbocycles. The second kappa shape index (κ2) is 2.89. The summed E-state index contributed by atoms with van der Waals surface area (Å²) >= 11 is 0. The van der Waals surface area contributed by atoms with Crippen LogP contribution in [-0.2, 0) is 4.74 Å². The summed E-state index contributed by atoms with van der Waals surface area (Å²) in [6, 6.07) is 0.683. The Morgan fingerprint density at radius 2 is 2.30 bits per heavy atom. The Hall–Kier alpha value is -0.0800. The van der Waals surface area contributed by atoms with Crippen LogP contribution in [0.5, 0.6) is 0 Å². The van der Waals surface area contributed by atoms with Gasteiger partial charge in [-0.2, -0.15) is 0 Å². The predicted molar refractivity (Wildman–Crippen MR) is 40.0 cm³/mol. The molecule has 2 saturated heterocycles. The van der Waals surface area contributed by atoms with Crippen LogP contribution >= 0.6 is 0 Å². The molecule has 2 aliphatic rings. The Morgan fingerprint density at radius 1 is 1.30 bits per heavy atom. The van der Waals surface area contributed by atoms with E-state index in [1.54, 1.807) is 0 Å². The smallest absolute Gasteiger partial charge is 0.0622 e. The van der Waals surface area contributed by atoms with E-state index in [2.05, 4.69) is 5.32 Å². The molecule has 58 valence electrons. The number of nitrogens with one attached hydrogen (secondary N) is 1. The van der Waals surface area contributed by atoms with Gasteiger partial charge in [-0.15, -0.1) is 0 Å². The molecule has 10 heavy (non-hydrogen) atoms. The maximum atomic E-state index is 5.38. The number of rotatable bonds is 0. The van der Waals surface area contributed by atoms with E-state index >= 15 is 0 Å². The van der Waals surface area contributed by atoms with E-state index in [0.717, 1.165) is 19.1 Å².